The van der Waals surface area contributed by atoms with Crippen LogP contribution in [0.15, 0.2) is 41.4 Å². The van der Waals surface area contributed by atoms with Crippen molar-refractivity contribution in [3.05, 3.63) is 52.8 Å². The van der Waals surface area contributed by atoms with Gasteiger partial charge >= 0.3 is 0 Å². The first-order chi connectivity index (χ1) is 14.3. The van der Waals surface area contributed by atoms with Crippen LogP contribution in [0.25, 0.3) is 11.1 Å². The Kier molecular flexibility index (Phi) is 6.63. The van der Waals surface area contributed by atoms with Crippen LogP contribution in [0.5, 0.6) is 5.75 Å². The first kappa shape index (κ1) is 22.1. The minimum atomic E-state index is -1.21. The van der Waals surface area contributed by atoms with Crippen LogP contribution < -0.4 is 10.5 Å². The van der Waals surface area contributed by atoms with E-state index < -0.39 is 11.4 Å². The summed E-state index contributed by atoms with van der Waals surface area (Å²) in [6.45, 7) is 4.48. The van der Waals surface area contributed by atoms with E-state index in [-0.39, 0.29) is 23.7 Å². The molecule has 0 spiro atoms. The minimum Gasteiger partial charge on any atom is -0.467 e. The molecule has 0 saturated carbocycles. The molecule has 0 fully saturated rings. The Balaban J connectivity index is 2.11. The normalized spacial score (nSPS) is 18.6. The van der Waals surface area contributed by atoms with Crippen molar-refractivity contribution in [1.82, 2.24) is 4.90 Å². The Bertz CT molecular complexity index is 982. The summed E-state index contributed by atoms with van der Waals surface area (Å²) in [5.41, 5.74) is 6.78. The molecule has 0 aliphatic carbocycles. The van der Waals surface area contributed by atoms with Gasteiger partial charge in [0.25, 0.3) is 5.91 Å². The lowest BCUT2D eigenvalue weighted by Crippen LogP contribution is -2.40. The second kappa shape index (κ2) is 9.02. The van der Waals surface area contributed by atoms with Crippen LogP contribution in [-0.4, -0.2) is 37.2 Å². The lowest BCUT2D eigenvalue weighted by molar-refractivity contribution is -0.130. The molecule has 1 amide bonds. The Morgan fingerprint density at radius 1 is 1.20 bits per heavy atom. The number of aliphatic imine (C=N–C) groups is 1. The number of likely N-dealkylation sites (N-methyl/N-ethyl adjacent to an activating group) is 1. The average molecular weight is 434 g/mol. The van der Waals surface area contributed by atoms with Crippen LogP contribution in [0.1, 0.15) is 32.3 Å². The minimum absolute atomic E-state index is 0.0199. The number of benzene rings is 2. The molecule has 1 atom stereocenters. The van der Waals surface area contributed by atoms with Gasteiger partial charge in [-0.3, -0.25) is 9.69 Å². The fraction of sp³-hybridized carbons (Fsp3) is 0.364. The highest BCUT2D eigenvalue weighted by Crippen LogP contribution is 2.42. The smallest absolute Gasteiger partial charge is 0.261 e. The third-order valence-corrected chi connectivity index (χ3v) is 5.43. The van der Waals surface area contributed by atoms with Crippen LogP contribution in [0.2, 0.25) is 5.02 Å². The van der Waals surface area contributed by atoms with Gasteiger partial charge in [-0.25, -0.2) is 9.38 Å². The highest BCUT2D eigenvalue weighted by atomic mass is 35.5. The van der Waals surface area contributed by atoms with Gasteiger partial charge in [-0.1, -0.05) is 37.6 Å². The predicted molar refractivity (Wildman–Crippen MR) is 115 cm³/mol. The van der Waals surface area contributed by atoms with E-state index in [0.717, 1.165) is 12.0 Å². The molecule has 0 bridgehead atoms. The van der Waals surface area contributed by atoms with Crippen molar-refractivity contribution >= 4 is 23.5 Å². The second-order valence-electron chi connectivity index (χ2n) is 7.06. The van der Waals surface area contributed by atoms with Crippen LogP contribution in [0.3, 0.4) is 0 Å². The van der Waals surface area contributed by atoms with Gasteiger partial charge in [0.05, 0.1) is 11.6 Å². The molecule has 1 aliphatic rings. The van der Waals surface area contributed by atoms with Crippen LogP contribution in [-0.2, 0) is 15.1 Å². The molecule has 0 aromatic heterocycles. The number of amides is 1. The van der Waals surface area contributed by atoms with E-state index in [9.17, 15) is 9.18 Å². The number of rotatable bonds is 8. The number of carbonyl (C=O) groups is 1. The second-order valence-corrected chi connectivity index (χ2v) is 7.47. The number of nitrogens with zero attached hydrogens (tertiary/aromatic N) is 2. The number of halogens is 2. The number of carbonyl (C=O) groups excluding carboxylic acids is 1. The molecule has 1 heterocycles. The summed E-state index contributed by atoms with van der Waals surface area (Å²) in [6, 6.07) is 9.87. The molecule has 6 nitrogen and oxygen atoms in total. The lowest BCUT2D eigenvalue weighted by atomic mass is 9.85. The first-order valence-electron chi connectivity index (χ1n) is 9.78. The number of nitrogens with two attached hydrogens (primary N) is 1. The third-order valence-electron chi connectivity index (χ3n) is 5.14. The molecule has 8 heteroatoms. The number of hydrogen-bond donors (Lipinski definition) is 1. The van der Waals surface area contributed by atoms with Gasteiger partial charge in [0.15, 0.2) is 18.3 Å². The van der Waals surface area contributed by atoms with Crippen molar-refractivity contribution in [2.75, 3.05) is 20.4 Å². The summed E-state index contributed by atoms with van der Waals surface area (Å²) >= 11 is 5.96. The number of hydrogen-bond acceptors (Lipinski definition) is 5. The standard InChI is InChI=1S/C22H25ClFN3O3/c1-4-10-29-13-30-19-9-7-14(15-6-8-18(24)17(23)12-15)11-16(19)22(5-2)20(28)27(3)21(25)26-22/h6-9,11-12H,4-5,10,13H2,1-3H3,(H2,25,26)/t22-/m0/s1. The summed E-state index contributed by atoms with van der Waals surface area (Å²) in [4.78, 5) is 19.0. The lowest BCUT2D eigenvalue weighted by Gasteiger charge is -2.26. The largest absolute Gasteiger partial charge is 0.467 e. The highest BCUT2D eigenvalue weighted by Gasteiger charge is 2.48. The SMILES string of the molecule is CCCOCOc1ccc(-c2ccc(F)c(Cl)c2)cc1[C@]1(CC)N=C(N)N(C)C1=O. The van der Waals surface area contributed by atoms with E-state index in [2.05, 4.69) is 4.99 Å². The summed E-state index contributed by atoms with van der Waals surface area (Å²) < 4.78 is 24.9. The summed E-state index contributed by atoms with van der Waals surface area (Å²) in [5, 5.41) is 0.0199. The van der Waals surface area contributed by atoms with Crippen LogP contribution in [0.4, 0.5) is 4.39 Å². The maximum absolute atomic E-state index is 13.6. The van der Waals surface area contributed by atoms with Gasteiger partial charge in [-0.15, -0.1) is 0 Å². The summed E-state index contributed by atoms with van der Waals surface area (Å²) in [5.74, 6) is -0.116. The Labute approximate surface area is 180 Å². The zero-order valence-electron chi connectivity index (χ0n) is 17.2. The Morgan fingerprint density at radius 3 is 2.50 bits per heavy atom. The molecule has 2 aromatic rings. The first-order valence-corrected chi connectivity index (χ1v) is 10.2. The molecule has 0 unspecified atom stereocenters. The fourth-order valence-corrected chi connectivity index (χ4v) is 3.62. The number of ether oxygens (including phenoxy) is 2. The van der Waals surface area contributed by atoms with Crippen molar-refractivity contribution in [3.63, 3.8) is 0 Å². The molecule has 0 radical (unpaired) electrons. The van der Waals surface area contributed by atoms with Crippen LogP contribution in [0, 0.1) is 5.82 Å². The monoisotopic (exact) mass is 433 g/mol. The van der Waals surface area contributed by atoms with Gasteiger partial charge in [0.1, 0.15) is 11.6 Å². The zero-order valence-corrected chi connectivity index (χ0v) is 18.0. The van der Waals surface area contributed by atoms with Crippen molar-refractivity contribution in [1.29, 1.82) is 0 Å². The molecular formula is C22H25ClFN3O3. The summed E-state index contributed by atoms with van der Waals surface area (Å²) in [6.07, 6.45) is 1.25. The molecule has 1 aliphatic heterocycles. The van der Waals surface area contributed by atoms with Crippen molar-refractivity contribution in [2.45, 2.75) is 32.2 Å². The fourth-order valence-electron chi connectivity index (χ4n) is 3.44. The number of guanidine groups is 1. The molecule has 3 rings (SSSR count). The van der Waals surface area contributed by atoms with Gasteiger partial charge in [-0.2, -0.15) is 0 Å². The molecule has 0 saturated heterocycles. The molecule has 2 aromatic carbocycles. The van der Waals surface area contributed by atoms with Gasteiger partial charge in [0, 0.05) is 12.6 Å². The van der Waals surface area contributed by atoms with E-state index in [1.165, 1.54) is 11.0 Å². The summed E-state index contributed by atoms with van der Waals surface area (Å²) in [7, 11) is 1.59. The maximum atomic E-state index is 13.6. The molecular weight excluding hydrogens is 409 g/mol. The Hall–Kier alpha value is -2.64. The maximum Gasteiger partial charge on any atom is 0.261 e. The van der Waals surface area contributed by atoms with Crippen molar-refractivity contribution in [3.8, 4) is 16.9 Å². The molecule has 160 valence electrons. The zero-order chi connectivity index (χ0) is 21.9. The van der Waals surface area contributed by atoms with Gasteiger partial charge in [-0.05, 0) is 48.2 Å². The quantitative estimate of drug-likeness (QED) is 0.497. The topological polar surface area (TPSA) is 77.2 Å². The predicted octanol–water partition coefficient (Wildman–Crippen LogP) is 4.30. The van der Waals surface area contributed by atoms with Gasteiger partial charge < -0.3 is 15.2 Å². The molecule has 2 N–H and O–H groups in total. The Morgan fingerprint density at radius 2 is 1.90 bits per heavy atom. The highest BCUT2D eigenvalue weighted by molar-refractivity contribution is 6.31. The van der Waals surface area contributed by atoms with Crippen molar-refractivity contribution in [2.24, 2.45) is 10.7 Å². The van der Waals surface area contributed by atoms with Crippen molar-refractivity contribution < 1.29 is 18.7 Å². The van der Waals surface area contributed by atoms with E-state index in [4.69, 9.17) is 26.8 Å². The third kappa shape index (κ3) is 4.00. The van der Waals surface area contributed by atoms with Gasteiger partial charge in [0.2, 0.25) is 0 Å². The van der Waals surface area contributed by atoms with E-state index in [0.29, 0.717) is 29.9 Å². The van der Waals surface area contributed by atoms with E-state index >= 15 is 0 Å². The molecule has 30 heavy (non-hydrogen) atoms. The van der Waals surface area contributed by atoms with Crippen LogP contribution >= 0.6 is 11.6 Å². The van der Waals surface area contributed by atoms with E-state index in [1.807, 2.05) is 26.0 Å². The average Bonchev–Trinajstić information content (AvgIpc) is 2.97. The van der Waals surface area contributed by atoms with E-state index in [1.54, 1.807) is 25.2 Å².